The van der Waals surface area contributed by atoms with Crippen LogP contribution in [0.4, 0.5) is 0 Å². The highest BCUT2D eigenvalue weighted by Crippen LogP contribution is 2.46. The number of nitrogens with zero attached hydrogens (tertiary/aromatic N) is 1. The second kappa shape index (κ2) is 10.4. The molecule has 0 radical (unpaired) electrons. The van der Waals surface area contributed by atoms with Gasteiger partial charge < -0.3 is 15.4 Å². The van der Waals surface area contributed by atoms with Gasteiger partial charge in [-0.2, -0.15) is 0 Å². The van der Waals surface area contributed by atoms with Crippen LogP contribution >= 0.6 is 24.8 Å². The lowest BCUT2D eigenvalue weighted by atomic mass is 10.1. The fourth-order valence-corrected chi connectivity index (χ4v) is 6.32. The zero-order valence-electron chi connectivity index (χ0n) is 19.0. The summed E-state index contributed by atoms with van der Waals surface area (Å²) in [5.74, 6) is -1.03. The fraction of sp³-hybridized carbons (Fsp3) is 0.458. The van der Waals surface area contributed by atoms with Gasteiger partial charge in [-0.3, -0.25) is 9.59 Å². The van der Waals surface area contributed by atoms with Crippen LogP contribution in [-0.2, 0) is 19.4 Å². The molecule has 1 aliphatic heterocycles. The first-order valence-electron chi connectivity index (χ1n) is 11.3. The van der Waals surface area contributed by atoms with Crippen LogP contribution in [0.15, 0.2) is 49.2 Å². The Morgan fingerprint density at radius 3 is 2.66 bits per heavy atom. The molecule has 3 aliphatic rings. The standard InChI is InChI=1S/C24H27N3O5S.2ClH/c1-2-16-12-24(16,21(28)14-33(30,31)18-7-8-18)27-22(29)20-11-17(13-26-20)32-23-19-6-4-3-5-15(19)9-10-25-23;;/h2-6,9-10,16-18,20,26H,1,7-8,11-14H2,(H,27,29);2*1H/t16-,17-,20+,24-;;/m1../s1. The topological polar surface area (TPSA) is 114 Å². The molecule has 2 saturated carbocycles. The molecule has 1 saturated heterocycles. The van der Waals surface area contributed by atoms with Crippen LogP contribution in [0, 0.1) is 5.92 Å². The van der Waals surface area contributed by atoms with E-state index in [4.69, 9.17) is 4.74 Å². The van der Waals surface area contributed by atoms with E-state index in [-0.39, 0.29) is 42.7 Å². The third-order valence-electron chi connectivity index (χ3n) is 6.83. The molecule has 1 amide bonds. The highest BCUT2D eigenvalue weighted by atomic mass is 35.5. The van der Waals surface area contributed by atoms with Gasteiger partial charge in [0.25, 0.3) is 0 Å². The van der Waals surface area contributed by atoms with Crippen LogP contribution in [-0.4, -0.2) is 60.3 Å². The first kappa shape index (κ1) is 27.4. The third kappa shape index (κ3) is 5.48. The summed E-state index contributed by atoms with van der Waals surface area (Å²) in [6.07, 6.45) is 5.07. The summed E-state index contributed by atoms with van der Waals surface area (Å²) in [6, 6.07) is 9.17. The average molecular weight is 542 g/mol. The lowest BCUT2D eigenvalue weighted by Crippen LogP contribution is -2.52. The highest BCUT2D eigenvalue weighted by molar-refractivity contribution is 7.93. The number of ketones is 1. The summed E-state index contributed by atoms with van der Waals surface area (Å²) in [7, 11) is -3.45. The molecule has 2 aromatic rings. The van der Waals surface area contributed by atoms with Crippen molar-refractivity contribution < 1.29 is 22.7 Å². The molecule has 0 spiro atoms. The van der Waals surface area contributed by atoms with Crippen molar-refractivity contribution in [2.45, 2.75) is 48.6 Å². The number of halogens is 2. The number of nitrogens with one attached hydrogen (secondary N) is 2. The SMILES string of the molecule is C=C[C@@H]1C[C@]1(NC(=O)[C@@H]1C[C@@H](Oc2nccc3ccccc23)CN1)C(=O)CS(=O)(=O)C1CC1.Cl.Cl. The van der Waals surface area contributed by atoms with Crippen molar-refractivity contribution in [1.29, 1.82) is 0 Å². The number of Topliss-reactive ketones (excluding diaryl/α,β-unsaturated/α-hetero) is 1. The number of ether oxygens (including phenoxy) is 1. The van der Waals surface area contributed by atoms with E-state index in [0.29, 0.717) is 38.1 Å². The van der Waals surface area contributed by atoms with Crippen molar-refractivity contribution in [2.75, 3.05) is 12.3 Å². The summed E-state index contributed by atoms with van der Waals surface area (Å²) < 4.78 is 30.7. The highest BCUT2D eigenvalue weighted by Gasteiger charge is 2.60. The molecule has 11 heteroatoms. The Balaban J connectivity index is 0.00000171. The number of carbonyl (C=O) groups excluding carboxylic acids is 2. The predicted molar refractivity (Wildman–Crippen MR) is 138 cm³/mol. The first-order valence-corrected chi connectivity index (χ1v) is 13.0. The normalized spacial score (nSPS) is 27.3. The van der Waals surface area contributed by atoms with E-state index >= 15 is 0 Å². The molecule has 5 rings (SSSR count). The third-order valence-corrected chi connectivity index (χ3v) is 8.98. The Kier molecular flexibility index (Phi) is 8.16. The molecule has 2 aliphatic carbocycles. The summed E-state index contributed by atoms with van der Waals surface area (Å²) in [4.78, 5) is 30.3. The monoisotopic (exact) mass is 541 g/mol. The van der Waals surface area contributed by atoms with Crippen LogP contribution in [0.5, 0.6) is 5.88 Å². The van der Waals surface area contributed by atoms with Crippen LogP contribution in [0.25, 0.3) is 10.8 Å². The van der Waals surface area contributed by atoms with Crippen LogP contribution in [0.3, 0.4) is 0 Å². The number of benzene rings is 1. The number of fused-ring (bicyclic) bond motifs is 1. The molecule has 190 valence electrons. The minimum Gasteiger partial charge on any atom is -0.472 e. The van der Waals surface area contributed by atoms with Crippen molar-refractivity contribution in [3.63, 3.8) is 0 Å². The number of aromatic nitrogens is 1. The van der Waals surface area contributed by atoms with Gasteiger partial charge in [0, 0.05) is 30.5 Å². The molecule has 0 bridgehead atoms. The second-order valence-corrected chi connectivity index (χ2v) is 11.5. The number of sulfone groups is 1. The van der Waals surface area contributed by atoms with Crippen LogP contribution in [0.2, 0.25) is 0 Å². The maximum absolute atomic E-state index is 13.0. The molecule has 3 fully saturated rings. The van der Waals surface area contributed by atoms with Gasteiger partial charge >= 0.3 is 0 Å². The summed E-state index contributed by atoms with van der Waals surface area (Å²) in [5.41, 5.74) is -1.17. The first-order chi connectivity index (χ1) is 15.8. The summed E-state index contributed by atoms with van der Waals surface area (Å²) >= 11 is 0. The van der Waals surface area contributed by atoms with E-state index in [1.54, 1.807) is 12.3 Å². The number of hydrogen-bond donors (Lipinski definition) is 2. The van der Waals surface area contributed by atoms with Crippen molar-refractivity contribution >= 4 is 57.1 Å². The molecule has 1 aromatic carbocycles. The predicted octanol–water partition coefficient (Wildman–Crippen LogP) is 2.39. The molecule has 1 aromatic heterocycles. The largest absolute Gasteiger partial charge is 0.472 e. The molecule has 2 N–H and O–H groups in total. The van der Waals surface area contributed by atoms with Gasteiger partial charge in [0.05, 0.1) is 11.3 Å². The van der Waals surface area contributed by atoms with Gasteiger partial charge in [-0.25, -0.2) is 13.4 Å². The van der Waals surface area contributed by atoms with Crippen LogP contribution in [0.1, 0.15) is 25.7 Å². The number of pyridine rings is 1. The van der Waals surface area contributed by atoms with Crippen molar-refractivity contribution in [3.05, 3.63) is 49.2 Å². The van der Waals surface area contributed by atoms with Gasteiger partial charge in [0.2, 0.25) is 11.8 Å². The minimum absolute atomic E-state index is 0. The van der Waals surface area contributed by atoms with Gasteiger partial charge in [-0.1, -0.05) is 24.3 Å². The Morgan fingerprint density at radius 1 is 1.23 bits per heavy atom. The summed E-state index contributed by atoms with van der Waals surface area (Å²) in [6.45, 7) is 4.20. The minimum atomic E-state index is -3.45. The molecular weight excluding hydrogens is 513 g/mol. The smallest absolute Gasteiger partial charge is 0.238 e. The van der Waals surface area contributed by atoms with Gasteiger partial charge in [-0.05, 0) is 36.8 Å². The zero-order chi connectivity index (χ0) is 23.2. The maximum Gasteiger partial charge on any atom is 0.238 e. The van der Waals surface area contributed by atoms with E-state index in [1.807, 2.05) is 30.3 Å². The zero-order valence-corrected chi connectivity index (χ0v) is 21.5. The Hall–Kier alpha value is -2.20. The summed E-state index contributed by atoms with van der Waals surface area (Å²) in [5, 5.41) is 7.52. The molecular formula is C24H29Cl2N3O5S. The van der Waals surface area contributed by atoms with E-state index in [1.165, 1.54) is 0 Å². The van der Waals surface area contributed by atoms with E-state index < -0.39 is 38.2 Å². The number of carbonyl (C=O) groups is 2. The molecule has 4 atom stereocenters. The second-order valence-electron chi connectivity index (χ2n) is 9.21. The lowest BCUT2D eigenvalue weighted by molar-refractivity contribution is -0.129. The van der Waals surface area contributed by atoms with Gasteiger partial charge in [0.15, 0.2) is 15.6 Å². The van der Waals surface area contributed by atoms with Crippen molar-refractivity contribution in [2.24, 2.45) is 5.92 Å². The van der Waals surface area contributed by atoms with Crippen molar-refractivity contribution in [3.8, 4) is 5.88 Å². The average Bonchev–Trinajstić information content (AvgIpc) is 3.71. The lowest BCUT2D eigenvalue weighted by Gasteiger charge is -2.20. The number of amides is 1. The van der Waals surface area contributed by atoms with E-state index in [2.05, 4.69) is 22.2 Å². The molecule has 0 unspecified atom stereocenters. The van der Waals surface area contributed by atoms with Crippen LogP contribution < -0.4 is 15.4 Å². The number of rotatable bonds is 9. The molecule has 35 heavy (non-hydrogen) atoms. The van der Waals surface area contributed by atoms with Gasteiger partial charge in [0.1, 0.15) is 17.4 Å². The maximum atomic E-state index is 13.0. The quantitative estimate of drug-likeness (QED) is 0.468. The van der Waals surface area contributed by atoms with E-state index in [9.17, 15) is 18.0 Å². The molecule has 2 heterocycles. The Morgan fingerprint density at radius 2 is 1.97 bits per heavy atom. The fourth-order valence-electron chi connectivity index (χ4n) is 4.61. The van der Waals surface area contributed by atoms with Gasteiger partial charge in [-0.15, -0.1) is 31.4 Å². The van der Waals surface area contributed by atoms with E-state index in [0.717, 1.165) is 10.8 Å². The molecule has 8 nitrogen and oxygen atoms in total. The number of hydrogen-bond acceptors (Lipinski definition) is 7. The van der Waals surface area contributed by atoms with Crippen molar-refractivity contribution in [1.82, 2.24) is 15.6 Å². The Labute approximate surface area is 217 Å². The Bertz CT molecular complexity index is 1230.